The van der Waals surface area contributed by atoms with Crippen LogP contribution in [0.2, 0.25) is 0 Å². The van der Waals surface area contributed by atoms with Gasteiger partial charge in [-0.3, -0.25) is 9.80 Å². The maximum Gasteiger partial charge on any atom is 0.0703 e. The van der Waals surface area contributed by atoms with Crippen LogP contribution < -0.4 is 5.73 Å². The minimum absolute atomic E-state index is 0.212. The molecule has 110 valence electrons. The van der Waals surface area contributed by atoms with E-state index in [2.05, 4.69) is 16.7 Å². The second-order valence-corrected chi connectivity index (χ2v) is 6.55. The molecule has 1 saturated carbocycles. The SMILES string of the molecule is CCN(CC1CCCO1)C1(CN)CCN(C2CC2)C1. The normalized spacial score (nSPS) is 36.5. The van der Waals surface area contributed by atoms with Gasteiger partial charge in [0.15, 0.2) is 0 Å². The molecule has 0 aromatic rings. The van der Waals surface area contributed by atoms with E-state index in [4.69, 9.17) is 10.5 Å². The zero-order chi connectivity index (χ0) is 13.3. The van der Waals surface area contributed by atoms with E-state index in [0.717, 1.165) is 32.3 Å². The van der Waals surface area contributed by atoms with Crippen molar-refractivity contribution in [2.75, 3.05) is 39.3 Å². The molecule has 2 atom stereocenters. The molecule has 0 bridgehead atoms. The lowest BCUT2D eigenvalue weighted by atomic mass is 9.95. The van der Waals surface area contributed by atoms with Crippen LogP contribution in [0.15, 0.2) is 0 Å². The van der Waals surface area contributed by atoms with Gasteiger partial charge >= 0.3 is 0 Å². The highest BCUT2D eigenvalue weighted by molar-refractivity contribution is 5.04. The standard InChI is InChI=1S/C15H29N3O/c1-2-18(10-14-4-3-9-19-14)15(11-16)7-8-17(12-15)13-5-6-13/h13-14H,2-12,16H2,1H3. The topological polar surface area (TPSA) is 41.7 Å². The Morgan fingerprint density at radius 2 is 2.21 bits per heavy atom. The minimum Gasteiger partial charge on any atom is -0.377 e. The largest absolute Gasteiger partial charge is 0.377 e. The van der Waals surface area contributed by atoms with E-state index in [1.54, 1.807) is 0 Å². The maximum atomic E-state index is 6.19. The third-order valence-electron chi connectivity index (χ3n) is 5.31. The van der Waals surface area contributed by atoms with Crippen molar-refractivity contribution in [3.63, 3.8) is 0 Å². The van der Waals surface area contributed by atoms with Crippen molar-refractivity contribution in [1.29, 1.82) is 0 Å². The number of likely N-dealkylation sites (tertiary alicyclic amines) is 1. The Kier molecular flexibility index (Phi) is 4.13. The first-order valence-corrected chi connectivity index (χ1v) is 8.08. The molecule has 0 radical (unpaired) electrons. The lowest BCUT2D eigenvalue weighted by Crippen LogP contribution is -2.57. The van der Waals surface area contributed by atoms with E-state index in [1.165, 1.54) is 45.2 Å². The number of rotatable bonds is 6. The third-order valence-corrected chi connectivity index (χ3v) is 5.31. The van der Waals surface area contributed by atoms with Crippen LogP contribution >= 0.6 is 0 Å². The van der Waals surface area contributed by atoms with Gasteiger partial charge in [-0.1, -0.05) is 6.92 Å². The van der Waals surface area contributed by atoms with Crippen molar-refractivity contribution < 1.29 is 4.74 Å². The van der Waals surface area contributed by atoms with E-state index >= 15 is 0 Å². The minimum atomic E-state index is 0.212. The smallest absolute Gasteiger partial charge is 0.0703 e. The van der Waals surface area contributed by atoms with Gasteiger partial charge in [-0.25, -0.2) is 0 Å². The van der Waals surface area contributed by atoms with Gasteiger partial charge in [0, 0.05) is 44.4 Å². The van der Waals surface area contributed by atoms with E-state index in [0.29, 0.717) is 6.10 Å². The average molecular weight is 267 g/mol. The molecule has 0 aromatic heterocycles. The van der Waals surface area contributed by atoms with Gasteiger partial charge in [0.2, 0.25) is 0 Å². The van der Waals surface area contributed by atoms with Crippen molar-refractivity contribution in [3.8, 4) is 0 Å². The highest BCUT2D eigenvalue weighted by atomic mass is 16.5. The molecule has 3 aliphatic rings. The van der Waals surface area contributed by atoms with Crippen molar-refractivity contribution in [2.24, 2.45) is 5.73 Å². The molecule has 4 nitrogen and oxygen atoms in total. The van der Waals surface area contributed by atoms with Crippen LogP contribution in [0.25, 0.3) is 0 Å². The van der Waals surface area contributed by atoms with Crippen molar-refractivity contribution in [2.45, 2.75) is 56.7 Å². The van der Waals surface area contributed by atoms with Gasteiger partial charge in [-0.2, -0.15) is 0 Å². The Balaban J connectivity index is 1.64. The van der Waals surface area contributed by atoms with E-state index < -0.39 is 0 Å². The molecular weight excluding hydrogens is 238 g/mol. The summed E-state index contributed by atoms with van der Waals surface area (Å²) in [6.07, 6.45) is 6.94. The van der Waals surface area contributed by atoms with Crippen LogP contribution in [0.1, 0.15) is 39.0 Å². The Labute approximate surface area is 117 Å². The Morgan fingerprint density at radius 1 is 1.37 bits per heavy atom. The molecule has 2 aliphatic heterocycles. The van der Waals surface area contributed by atoms with Gasteiger partial charge in [0.05, 0.1) is 6.10 Å². The first kappa shape index (κ1) is 13.8. The molecule has 19 heavy (non-hydrogen) atoms. The molecule has 0 aromatic carbocycles. The molecule has 0 amide bonds. The summed E-state index contributed by atoms with van der Waals surface area (Å²) in [6.45, 7) is 8.59. The van der Waals surface area contributed by atoms with Crippen LogP contribution in [-0.2, 0) is 4.74 Å². The average Bonchev–Trinajstić information content (AvgIpc) is 3.00. The van der Waals surface area contributed by atoms with Gasteiger partial charge in [0.1, 0.15) is 0 Å². The summed E-state index contributed by atoms with van der Waals surface area (Å²) in [5.74, 6) is 0. The second kappa shape index (κ2) is 5.68. The molecular formula is C15H29N3O. The summed E-state index contributed by atoms with van der Waals surface area (Å²) in [5, 5.41) is 0. The molecule has 2 unspecified atom stereocenters. The molecule has 0 spiro atoms. The molecule has 3 fully saturated rings. The molecule has 3 rings (SSSR count). The van der Waals surface area contributed by atoms with E-state index in [-0.39, 0.29) is 5.54 Å². The summed E-state index contributed by atoms with van der Waals surface area (Å²) in [6, 6.07) is 0.870. The van der Waals surface area contributed by atoms with Crippen molar-refractivity contribution in [1.82, 2.24) is 9.80 Å². The third kappa shape index (κ3) is 2.82. The lowest BCUT2D eigenvalue weighted by Gasteiger charge is -2.41. The van der Waals surface area contributed by atoms with Crippen molar-refractivity contribution >= 4 is 0 Å². The van der Waals surface area contributed by atoms with Crippen LogP contribution in [-0.4, -0.2) is 66.8 Å². The van der Waals surface area contributed by atoms with Crippen LogP contribution in [0.5, 0.6) is 0 Å². The lowest BCUT2D eigenvalue weighted by molar-refractivity contribution is 0.0268. The quantitative estimate of drug-likeness (QED) is 0.781. The highest BCUT2D eigenvalue weighted by Gasteiger charge is 2.45. The summed E-state index contributed by atoms with van der Waals surface area (Å²) in [7, 11) is 0. The zero-order valence-corrected chi connectivity index (χ0v) is 12.3. The summed E-state index contributed by atoms with van der Waals surface area (Å²) >= 11 is 0. The van der Waals surface area contributed by atoms with E-state index in [9.17, 15) is 0 Å². The number of ether oxygens (including phenoxy) is 1. The number of likely N-dealkylation sites (N-methyl/N-ethyl adjacent to an activating group) is 1. The van der Waals surface area contributed by atoms with Crippen LogP contribution in [0, 0.1) is 0 Å². The number of nitrogens with zero attached hydrogens (tertiary/aromatic N) is 2. The monoisotopic (exact) mass is 267 g/mol. The van der Waals surface area contributed by atoms with Gasteiger partial charge in [0.25, 0.3) is 0 Å². The van der Waals surface area contributed by atoms with Gasteiger partial charge in [-0.15, -0.1) is 0 Å². The number of hydrogen-bond donors (Lipinski definition) is 1. The number of hydrogen-bond acceptors (Lipinski definition) is 4. The highest BCUT2D eigenvalue weighted by Crippen LogP contribution is 2.36. The Morgan fingerprint density at radius 3 is 2.79 bits per heavy atom. The summed E-state index contributed by atoms with van der Waals surface area (Å²) in [5.41, 5.74) is 6.40. The molecule has 2 saturated heterocycles. The molecule has 2 N–H and O–H groups in total. The second-order valence-electron chi connectivity index (χ2n) is 6.55. The molecule has 2 heterocycles. The Bertz CT molecular complexity index is 302. The Hall–Kier alpha value is -0.160. The van der Waals surface area contributed by atoms with Crippen LogP contribution in [0.4, 0.5) is 0 Å². The fraction of sp³-hybridized carbons (Fsp3) is 1.00. The van der Waals surface area contributed by atoms with Gasteiger partial charge in [-0.05, 0) is 38.6 Å². The first-order valence-electron chi connectivity index (χ1n) is 8.08. The van der Waals surface area contributed by atoms with Crippen LogP contribution in [0.3, 0.4) is 0 Å². The fourth-order valence-corrected chi connectivity index (χ4v) is 3.89. The van der Waals surface area contributed by atoms with Gasteiger partial charge < -0.3 is 10.5 Å². The fourth-order valence-electron chi connectivity index (χ4n) is 3.89. The first-order chi connectivity index (χ1) is 9.27. The molecule has 1 aliphatic carbocycles. The zero-order valence-electron chi connectivity index (χ0n) is 12.3. The summed E-state index contributed by atoms with van der Waals surface area (Å²) in [4.78, 5) is 5.29. The maximum absolute atomic E-state index is 6.19. The number of nitrogens with two attached hydrogens (primary N) is 1. The van der Waals surface area contributed by atoms with E-state index in [1.807, 2.05) is 0 Å². The summed E-state index contributed by atoms with van der Waals surface area (Å²) < 4.78 is 5.82. The predicted molar refractivity (Wildman–Crippen MR) is 77.2 cm³/mol. The van der Waals surface area contributed by atoms with Crippen molar-refractivity contribution in [3.05, 3.63) is 0 Å². The molecule has 4 heteroatoms. The predicted octanol–water partition coefficient (Wildman–Crippen LogP) is 1.05.